The Hall–Kier alpha value is -2.01. The van der Waals surface area contributed by atoms with Gasteiger partial charge in [-0.15, -0.1) is 0 Å². The topological polar surface area (TPSA) is 64.3 Å². The van der Waals surface area contributed by atoms with E-state index in [1.807, 2.05) is 36.2 Å². The van der Waals surface area contributed by atoms with Gasteiger partial charge in [0.05, 0.1) is 7.11 Å². The number of methoxy groups -OCH3 is 1. The van der Waals surface area contributed by atoms with Crippen molar-refractivity contribution in [2.75, 3.05) is 24.8 Å². The molecule has 0 amide bonds. The van der Waals surface area contributed by atoms with Crippen LogP contribution in [0.4, 0.5) is 11.6 Å². The van der Waals surface area contributed by atoms with E-state index in [0.717, 1.165) is 10.6 Å². The predicted octanol–water partition coefficient (Wildman–Crippen LogP) is 2.36. The van der Waals surface area contributed by atoms with Gasteiger partial charge in [-0.3, -0.25) is 0 Å². The molecule has 2 rings (SSSR count). The van der Waals surface area contributed by atoms with E-state index >= 15 is 0 Å². The van der Waals surface area contributed by atoms with E-state index in [1.165, 1.54) is 6.33 Å². The Kier molecular flexibility index (Phi) is 4.06. The lowest BCUT2D eigenvalue weighted by molar-refractivity contribution is 0.413. The van der Waals surface area contributed by atoms with Gasteiger partial charge in [0, 0.05) is 18.6 Å². The molecule has 0 aliphatic heterocycles. The van der Waals surface area contributed by atoms with Crippen molar-refractivity contribution in [2.45, 2.75) is 6.54 Å². The molecule has 2 aromatic rings. The van der Waals surface area contributed by atoms with Crippen LogP contribution < -0.4 is 15.4 Å². The second-order valence-electron chi connectivity index (χ2n) is 4.10. The molecule has 5 nitrogen and oxygen atoms in total. The highest BCUT2D eigenvalue weighted by Crippen LogP contribution is 2.29. The van der Waals surface area contributed by atoms with Crippen LogP contribution in [0.3, 0.4) is 0 Å². The second kappa shape index (κ2) is 5.75. The molecule has 0 saturated carbocycles. The third-order valence-electron chi connectivity index (χ3n) is 2.71. The smallest absolute Gasteiger partial charge is 0.204 e. The predicted molar refractivity (Wildman–Crippen MR) is 76.6 cm³/mol. The van der Waals surface area contributed by atoms with E-state index in [-0.39, 0.29) is 0 Å². The third kappa shape index (κ3) is 3.06. The number of anilines is 2. The molecular weight excluding hydrogens is 264 g/mol. The SMILES string of the molecule is COc1c(N)ncnc1N(C)Cc1ccc(Cl)cc1. The molecule has 0 spiro atoms. The number of nitrogen functional groups attached to an aromatic ring is 1. The van der Waals surface area contributed by atoms with Gasteiger partial charge in [-0.1, -0.05) is 23.7 Å². The molecular formula is C13H15ClN4O. The first kappa shape index (κ1) is 13.4. The van der Waals surface area contributed by atoms with Crippen LogP contribution in [0, 0.1) is 0 Å². The van der Waals surface area contributed by atoms with Crippen LogP contribution >= 0.6 is 11.6 Å². The van der Waals surface area contributed by atoms with Gasteiger partial charge in [0.1, 0.15) is 6.33 Å². The van der Waals surface area contributed by atoms with Gasteiger partial charge in [0.15, 0.2) is 11.6 Å². The molecule has 6 heteroatoms. The van der Waals surface area contributed by atoms with Gasteiger partial charge >= 0.3 is 0 Å². The first-order valence-corrected chi connectivity index (χ1v) is 6.09. The number of aromatic nitrogens is 2. The van der Waals surface area contributed by atoms with Crippen LogP contribution in [0.1, 0.15) is 5.56 Å². The van der Waals surface area contributed by atoms with Crippen molar-refractivity contribution >= 4 is 23.2 Å². The molecule has 19 heavy (non-hydrogen) atoms. The normalized spacial score (nSPS) is 10.3. The molecule has 0 saturated heterocycles. The minimum atomic E-state index is 0.329. The van der Waals surface area contributed by atoms with E-state index in [4.69, 9.17) is 22.1 Å². The van der Waals surface area contributed by atoms with Gasteiger partial charge in [-0.05, 0) is 17.7 Å². The van der Waals surface area contributed by atoms with Crippen LogP contribution in [0.5, 0.6) is 5.75 Å². The van der Waals surface area contributed by atoms with E-state index in [0.29, 0.717) is 23.9 Å². The van der Waals surface area contributed by atoms with Crippen molar-refractivity contribution in [1.29, 1.82) is 0 Å². The van der Waals surface area contributed by atoms with E-state index < -0.39 is 0 Å². The summed E-state index contributed by atoms with van der Waals surface area (Å²) in [6.45, 7) is 0.671. The van der Waals surface area contributed by atoms with E-state index in [2.05, 4.69) is 9.97 Å². The Morgan fingerprint density at radius 2 is 1.95 bits per heavy atom. The van der Waals surface area contributed by atoms with Gasteiger partial charge < -0.3 is 15.4 Å². The van der Waals surface area contributed by atoms with Crippen molar-refractivity contribution in [2.24, 2.45) is 0 Å². The first-order valence-electron chi connectivity index (χ1n) is 5.72. The third-order valence-corrected chi connectivity index (χ3v) is 2.96. The molecule has 0 unspecified atom stereocenters. The molecule has 0 radical (unpaired) electrons. The summed E-state index contributed by atoms with van der Waals surface area (Å²) in [6, 6.07) is 7.65. The Bertz CT molecular complexity index is 559. The fourth-order valence-electron chi connectivity index (χ4n) is 1.78. The lowest BCUT2D eigenvalue weighted by atomic mass is 10.2. The highest BCUT2D eigenvalue weighted by Gasteiger charge is 2.13. The molecule has 1 aromatic heterocycles. The van der Waals surface area contributed by atoms with Crippen LogP contribution in [0.2, 0.25) is 5.02 Å². The fraction of sp³-hybridized carbons (Fsp3) is 0.231. The van der Waals surface area contributed by atoms with Crippen molar-refractivity contribution in [3.05, 3.63) is 41.2 Å². The molecule has 100 valence electrons. The lowest BCUT2D eigenvalue weighted by Gasteiger charge is -2.20. The van der Waals surface area contributed by atoms with Crippen LogP contribution in [-0.2, 0) is 6.54 Å². The minimum Gasteiger partial charge on any atom is -0.490 e. The van der Waals surface area contributed by atoms with Crippen LogP contribution in [-0.4, -0.2) is 24.1 Å². The average molecular weight is 279 g/mol. The van der Waals surface area contributed by atoms with Crippen LogP contribution in [0.15, 0.2) is 30.6 Å². The Morgan fingerprint density at radius 1 is 1.26 bits per heavy atom. The molecule has 0 atom stereocenters. The maximum absolute atomic E-state index is 5.86. The number of hydrogen-bond acceptors (Lipinski definition) is 5. The Labute approximate surface area is 117 Å². The van der Waals surface area contributed by atoms with Crippen molar-refractivity contribution < 1.29 is 4.74 Å². The molecule has 0 fully saturated rings. The number of ether oxygens (including phenoxy) is 1. The lowest BCUT2D eigenvalue weighted by Crippen LogP contribution is -2.19. The number of halogens is 1. The Morgan fingerprint density at radius 3 is 2.58 bits per heavy atom. The number of nitrogens with zero attached hydrogens (tertiary/aromatic N) is 3. The summed E-state index contributed by atoms with van der Waals surface area (Å²) >= 11 is 5.86. The molecule has 1 heterocycles. The summed E-state index contributed by atoms with van der Waals surface area (Å²) < 4.78 is 5.24. The largest absolute Gasteiger partial charge is 0.490 e. The monoisotopic (exact) mass is 278 g/mol. The summed E-state index contributed by atoms with van der Waals surface area (Å²) in [5.41, 5.74) is 6.88. The maximum Gasteiger partial charge on any atom is 0.204 e. The van der Waals surface area contributed by atoms with Gasteiger partial charge in [0.25, 0.3) is 0 Å². The standard InChI is InChI=1S/C13H15ClN4O/c1-18(7-9-3-5-10(14)6-4-9)13-11(19-2)12(15)16-8-17-13/h3-6,8H,7H2,1-2H3,(H2,15,16,17). The summed E-state index contributed by atoms with van der Waals surface area (Å²) in [6.07, 6.45) is 1.42. The number of benzene rings is 1. The highest BCUT2D eigenvalue weighted by atomic mass is 35.5. The van der Waals surface area contributed by atoms with E-state index in [1.54, 1.807) is 7.11 Å². The second-order valence-corrected chi connectivity index (χ2v) is 4.53. The summed E-state index contributed by atoms with van der Waals surface area (Å²) in [5.74, 6) is 1.47. The van der Waals surface area contributed by atoms with Gasteiger partial charge in [-0.2, -0.15) is 0 Å². The molecule has 2 N–H and O–H groups in total. The minimum absolute atomic E-state index is 0.329. The molecule has 1 aromatic carbocycles. The van der Waals surface area contributed by atoms with Crippen molar-refractivity contribution in [3.8, 4) is 5.75 Å². The number of rotatable bonds is 4. The highest BCUT2D eigenvalue weighted by molar-refractivity contribution is 6.30. The average Bonchev–Trinajstić information content (AvgIpc) is 2.41. The maximum atomic E-state index is 5.86. The number of nitrogens with two attached hydrogens (primary N) is 1. The Balaban J connectivity index is 2.22. The van der Waals surface area contributed by atoms with Gasteiger partial charge in [0.2, 0.25) is 5.75 Å². The van der Waals surface area contributed by atoms with E-state index in [9.17, 15) is 0 Å². The zero-order chi connectivity index (χ0) is 13.8. The quantitative estimate of drug-likeness (QED) is 0.930. The molecule has 0 bridgehead atoms. The zero-order valence-electron chi connectivity index (χ0n) is 10.8. The zero-order valence-corrected chi connectivity index (χ0v) is 11.6. The van der Waals surface area contributed by atoms with Crippen molar-refractivity contribution in [1.82, 2.24) is 9.97 Å². The van der Waals surface area contributed by atoms with Gasteiger partial charge in [-0.25, -0.2) is 9.97 Å². The molecule has 0 aliphatic carbocycles. The summed E-state index contributed by atoms with van der Waals surface area (Å²) in [7, 11) is 3.47. The summed E-state index contributed by atoms with van der Waals surface area (Å²) in [4.78, 5) is 10.1. The van der Waals surface area contributed by atoms with Crippen LogP contribution in [0.25, 0.3) is 0 Å². The summed E-state index contributed by atoms with van der Waals surface area (Å²) in [5, 5.41) is 0.718. The first-order chi connectivity index (χ1) is 9.11. The fourth-order valence-corrected chi connectivity index (χ4v) is 1.91. The number of hydrogen-bond donors (Lipinski definition) is 1. The van der Waals surface area contributed by atoms with Crippen molar-refractivity contribution in [3.63, 3.8) is 0 Å². The molecule has 0 aliphatic rings.